The summed E-state index contributed by atoms with van der Waals surface area (Å²) in [4.78, 5) is 38.8. The van der Waals surface area contributed by atoms with Gasteiger partial charge in [0.1, 0.15) is 6.04 Å². The molecule has 124 valence electrons. The largest absolute Gasteiger partial charge is 0.480 e. The Morgan fingerprint density at radius 3 is 2.48 bits per heavy atom. The van der Waals surface area contributed by atoms with Crippen LogP contribution in [0.1, 0.15) is 25.3 Å². The van der Waals surface area contributed by atoms with Crippen molar-refractivity contribution in [2.24, 2.45) is 0 Å². The van der Waals surface area contributed by atoms with Gasteiger partial charge in [-0.1, -0.05) is 43.7 Å². The van der Waals surface area contributed by atoms with Gasteiger partial charge in [-0.2, -0.15) is 0 Å². The zero-order valence-corrected chi connectivity index (χ0v) is 13.3. The molecule has 1 unspecified atom stereocenters. The van der Waals surface area contributed by atoms with Crippen LogP contribution in [0.3, 0.4) is 0 Å². The van der Waals surface area contributed by atoms with Crippen LogP contribution in [0.25, 0.3) is 0 Å². The number of unbranched alkanes of at least 4 members (excludes halogenated alkanes) is 1. The second kappa shape index (κ2) is 7.76. The van der Waals surface area contributed by atoms with Gasteiger partial charge in [-0.25, -0.2) is 4.79 Å². The Kier molecular flexibility index (Phi) is 5.73. The van der Waals surface area contributed by atoms with Crippen molar-refractivity contribution in [3.8, 4) is 0 Å². The quantitative estimate of drug-likeness (QED) is 0.765. The van der Waals surface area contributed by atoms with Crippen LogP contribution in [-0.4, -0.2) is 58.4 Å². The molecule has 1 aromatic carbocycles. The lowest BCUT2D eigenvalue weighted by Crippen LogP contribution is -2.59. The van der Waals surface area contributed by atoms with Crippen molar-refractivity contribution >= 4 is 17.8 Å². The number of hydrogen-bond donors (Lipinski definition) is 1. The van der Waals surface area contributed by atoms with Crippen molar-refractivity contribution < 1.29 is 19.5 Å². The van der Waals surface area contributed by atoms with Crippen LogP contribution < -0.4 is 0 Å². The predicted octanol–water partition coefficient (Wildman–Crippen LogP) is 1.15. The van der Waals surface area contributed by atoms with Gasteiger partial charge >= 0.3 is 17.8 Å². The normalized spacial score (nSPS) is 16.6. The first-order valence-corrected chi connectivity index (χ1v) is 7.91. The van der Waals surface area contributed by atoms with Gasteiger partial charge in [0.2, 0.25) is 0 Å². The number of piperazine rings is 1. The maximum Gasteiger partial charge on any atom is 0.326 e. The molecule has 1 N–H and O–H groups in total. The second-order valence-electron chi connectivity index (χ2n) is 5.69. The van der Waals surface area contributed by atoms with E-state index in [-0.39, 0.29) is 13.0 Å². The summed E-state index contributed by atoms with van der Waals surface area (Å²) in [6.45, 7) is 3.22. The maximum atomic E-state index is 12.3. The molecule has 1 aromatic rings. The van der Waals surface area contributed by atoms with E-state index in [1.54, 1.807) is 0 Å². The molecule has 1 heterocycles. The average molecular weight is 318 g/mol. The van der Waals surface area contributed by atoms with Crippen LogP contribution in [0.2, 0.25) is 0 Å². The van der Waals surface area contributed by atoms with Crippen LogP contribution in [0.15, 0.2) is 30.3 Å². The van der Waals surface area contributed by atoms with E-state index in [1.165, 1.54) is 9.80 Å². The molecule has 1 aliphatic heterocycles. The van der Waals surface area contributed by atoms with Crippen molar-refractivity contribution in [3.05, 3.63) is 35.9 Å². The summed E-state index contributed by atoms with van der Waals surface area (Å²) in [6.07, 6.45) is 1.98. The molecular formula is C17H22N2O4. The fourth-order valence-corrected chi connectivity index (χ4v) is 2.72. The van der Waals surface area contributed by atoms with E-state index in [2.05, 4.69) is 0 Å². The number of carbonyl (C=O) groups is 3. The highest BCUT2D eigenvalue weighted by atomic mass is 16.4. The number of carboxylic acid groups (broad SMARTS) is 1. The first-order chi connectivity index (χ1) is 11.0. The lowest BCUT2D eigenvalue weighted by Gasteiger charge is -2.36. The Morgan fingerprint density at radius 1 is 1.17 bits per heavy atom. The summed E-state index contributed by atoms with van der Waals surface area (Å²) in [5.41, 5.74) is 0.827. The van der Waals surface area contributed by atoms with Crippen molar-refractivity contribution in [1.29, 1.82) is 0 Å². The van der Waals surface area contributed by atoms with E-state index in [9.17, 15) is 19.5 Å². The second-order valence-corrected chi connectivity index (χ2v) is 5.69. The Balaban J connectivity index is 2.10. The smallest absolute Gasteiger partial charge is 0.326 e. The highest BCUT2D eigenvalue weighted by Crippen LogP contribution is 2.15. The van der Waals surface area contributed by atoms with Crippen molar-refractivity contribution in [1.82, 2.24) is 9.80 Å². The zero-order chi connectivity index (χ0) is 16.8. The van der Waals surface area contributed by atoms with E-state index in [0.717, 1.165) is 18.4 Å². The van der Waals surface area contributed by atoms with Gasteiger partial charge in [0, 0.05) is 26.1 Å². The Bertz CT molecular complexity index is 573. The molecule has 0 radical (unpaired) electrons. The number of hydrogen-bond acceptors (Lipinski definition) is 3. The minimum atomic E-state index is -1.09. The molecule has 1 aliphatic rings. The number of rotatable bonds is 7. The SMILES string of the molecule is CCCCN1CCN(C(Cc2ccccc2)C(=O)O)C(=O)C1=O. The third-order valence-electron chi connectivity index (χ3n) is 4.06. The van der Waals surface area contributed by atoms with Crippen molar-refractivity contribution in [3.63, 3.8) is 0 Å². The molecular weight excluding hydrogens is 296 g/mol. The monoisotopic (exact) mass is 318 g/mol. The molecule has 0 aliphatic carbocycles. The minimum Gasteiger partial charge on any atom is -0.480 e. The molecule has 1 fully saturated rings. The third kappa shape index (κ3) is 4.09. The summed E-state index contributed by atoms with van der Waals surface area (Å²) >= 11 is 0. The van der Waals surface area contributed by atoms with Crippen molar-refractivity contribution in [2.45, 2.75) is 32.2 Å². The third-order valence-corrected chi connectivity index (χ3v) is 4.06. The molecule has 6 heteroatoms. The van der Waals surface area contributed by atoms with Gasteiger partial charge < -0.3 is 14.9 Å². The Labute approximate surface area is 135 Å². The number of carboxylic acids is 1. The topological polar surface area (TPSA) is 77.9 Å². The summed E-state index contributed by atoms with van der Waals surface area (Å²) in [6, 6.07) is 8.12. The van der Waals surface area contributed by atoms with Crippen LogP contribution in [0.5, 0.6) is 0 Å². The molecule has 1 saturated heterocycles. The molecule has 2 amide bonds. The van der Waals surface area contributed by atoms with E-state index in [1.807, 2.05) is 37.3 Å². The number of benzene rings is 1. The number of aliphatic carboxylic acids is 1. The van der Waals surface area contributed by atoms with Gasteiger partial charge in [-0.05, 0) is 12.0 Å². The highest BCUT2D eigenvalue weighted by molar-refractivity contribution is 6.35. The van der Waals surface area contributed by atoms with Gasteiger partial charge in [0.05, 0.1) is 0 Å². The molecule has 0 aromatic heterocycles. The molecule has 2 rings (SSSR count). The summed E-state index contributed by atoms with van der Waals surface area (Å²) in [7, 11) is 0. The number of amides is 2. The molecule has 0 bridgehead atoms. The standard InChI is InChI=1S/C17H22N2O4/c1-2-3-9-18-10-11-19(16(21)15(18)20)14(17(22)23)12-13-7-5-4-6-8-13/h4-8,14H,2-3,9-12H2,1H3,(H,22,23). The molecule has 0 saturated carbocycles. The van der Waals surface area contributed by atoms with E-state index in [4.69, 9.17) is 0 Å². The summed E-state index contributed by atoms with van der Waals surface area (Å²) in [5.74, 6) is -2.39. The van der Waals surface area contributed by atoms with Crippen LogP contribution >= 0.6 is 0 Å². The van der Waals surface area contributed by atoms with E-state index < -0.39 is 23.8 Å². The minimum absolute atomic E-state index is 0.199. The first-order valence-electron chi connectivity index (χ1n) is 7.91. The lowest BCUT2D eigenvalue weighted by atomic mass is 10.0. The maximum absolute atomic E-state index is 12.3. The predicted molar refractivity (Wildman–Crippen MR) is 84.8 cm³/mol. The number of carbonyl (C=O) groups excluding carboxylic acids is 2. The summed E-state index contributed by atoms with van der Waals surface area (Å²) < 4.78 is 0. The Morgan fingerprint density at radius 2 is 1.87 bits per heavy atom. The zero-order valence-electron chi connectivity index (χ0n) is 13.3. The first kappa shape index (κ1) is 17.0. The molecule has 0 spiro atoms. The van der Waals surface area contributed by atoms with Crippen LogP contribution in [0.4, 0.5) is 0 Å². The van der Waals surface area contributed by atoms with Gasteiger partial charge in [0.15, 0.2) is 0 Å². The number of nitrogens with zero attached hydrogens (tertiary/aromatic N) is 2. The summed E-state index contributed by atoms with van der Waals surface area (Å²) in [5, 5.41) is 9.48. The lowest BCUT2D eigenvalue weighted by molar-refractivity contribution is -0.162. The fourth-order valence-electron chi connectivity index (χ4n) is 2.72. The molecule has 6 nitrogen and oxygen atoms in total. The average Bonchev–Trinajstić information content (AvgIpc) is 2.55. The van der Waals surface area contributed by atoms with Crippen LogP contribution in [0, 0.1) is 0 Å². The van der Waals surface area contributed by atoms with Crippen molar-refractivity contribution in [2.75, 3.05) is 19.6 Å². The van der Waals surface area contributed by atoms with E-state index >= 15 is 0 Å². The van der Waals surface area contributed by atoms with E-state index in [0.29, 0.717) is 13.1 Å². The fraction of sp³-hybridized carbons (Fsp3) is 0.471. The van der Waals surface area contributed by atoms with Gasteiger partial charge in [0.25, 0.3) is 0 Å². The highest BCUT2D eigenvalue weighted by Gasteiger charge is 2.38. The van der Waals surface area contributed by atoms with Gasteiger partial charge in [-0.3, -0.25) is 9.59 Å². The molecule has 1 atom stereocenters. The molecule has 23 heavy (non-hydrogen) atoms. The Hall–Kier alpha value is -2.37. The van der Waals surface area contributed by atoms with Gasteiger partial charge in [-0.15, -0.1) is 0 Å². The van der Waals surface area contributed by atoms with Crippen LogP contribution in [-0.2, 0) is 20.8 Å².